The van der Waals surface area contributed by atoms with Gasteiger partial charge in [-0.05, 0) is 43.2 Å². The molecule has 2 aliphatic heterocycles. The Morgan fingerprint density at radius 2 is 1.69 bits per heavy atom. The topological polar surface area (TPSA) is 66.0 Å². The molecule has 1 fully saturated rings. The number of carbonyl (C=O) groups is 2. The molecule has 0 spiro atoms. The zero-order chi connectivity index (χ0) is 22.5. The van der Waals surface area contributed by atoms with Crippen molar-refractivity contribution < 1.29 is 18.7 Å². The van der Waals surface area contributed by atoms with Gasteiger partial charge in [-0.1, -0.05) is 18.2 Å². The number of ether oxygens (including phenoxy) is 1. The third-order valence-electron chi connectivity index (χ3n) is 5.72. The van der Waals surface area contributed by atoms with Gasteiger partial charge in [-0.25, -0.2) is 9.37 Å². The summed E-state index contributed by atoms with van der Waals surface area (Å²) in [7, 11) is 0. The zero-order valence-corrected chi connectivity index (χ0v) is 18.2. The number of hydrogen-bond donors (Lipinski definition) is 0. The van der Waals surface area contributed by atoms with Crippen LogP contribution in [0.1, 0.15) is 18.9 Å². The maximum absolute atomic E-state index is 13.5. The van der Waals surface area contributed by atoms with Crippen molar-refractivity contribution >= 4 is 23.2 Å². The van der Waals surface area contributed by atoms with Crippen molar-refractivity contribution in [1.29, 1.82) is 0 Å². The largest absolute Gasteiger partial charge is 0.382 e. The first kappa shape index (κ1) is 22.0. The van der Waals surface area contributed by atoms with E-state index < -0.39 is 0 Å². The van der Waals surface area contributed by atoms with Gasteiger partial charge in [0.2, 0.25) is 0 Å². The molecular formula is C24H27FN4O3. The second kappa shape index (κ2) is 9.91. The molecule has 3 heterocycles. The van der Waals surface area contributed by atoms with E-state index in [0.717, 1.165) is 5.82 Å². The minimum absolute atomic E-state index is 0.291. The molecule has 0 atom stereocenters. The molecule has 2 aromatic rings. The molecule has 0 saturated carbocycles. The first-order valence-electron chi connectivity index (χ1n) is 10.9. The average molecular weight is 439 g/mol. The predicted octanol–water partition coefficient (Wildman–Crippen LogP) is 2.55. The molecule has 32 heavy (non-hydrogen) atoms. The molecule has 0 N–H and O–H groups in total. The van der Waals surface area contributed by atoms with E-state index in [2.05, 4.69) is 9.88 Å². The Kier molecular flexibility index (Phi) is 6.80. The summed E-state index contributed by atoms with van der Waals surface area (Å²) >= 11 is 0. The number of piperazine rings is 1. The normalized spacial score (nSPS) is 17.0. The van der Waals surface area contributed by atoms with Crippen LogP contribution in [-0.4, -0.2) is 72.5 Å². The van der Waals surface area contributed by atoms with Crippen molar-refractivity contribution in [2.45, 2.75) is 13.3 Å². The Hall–Kier alpha value is -3.26. The summed E-state index contributed by atoms with van der Waals surface area (Å²) in [4.78, 5) is 36.4. The van der Waals surface area contributed by atoms with Gasteiger partial charge in [-0.15, -0.1) is 0 Å². The van der Waals surface area contributed by atoms with Gasteiger partial charge < -0.3 is 14.5 Å². The van der Waals surface area contributed by atoms with Gasteiger partial charge in [0.25, 0.3) is 11.8 Å². The van der Waals surface area contributed by atoms with Gasteiger partial charge >= 0.3 is 0 Å². The quantitative estimate of drug-likeness (QED) is 0.466. The van der Waals surface area contributed by atoms with Crippen LogP contribution in [0.5, 0.6) is 0 Å². The summed E-state index contributed by atoms with van der Waals surface area (Å²) in [6, 6.07) is 11.5. The highest BCUT2D eigenvalue weighted by atomic mass is 19.1. The minimum Gasteiger partial charge on any atom is -0.382 e. The summed E-state index contributed by atoms with van der Waals surface area (Å²) in [6.45, 7) is 5.81. The lowest BCUT2D eigenvalue weighted by atomic mass is 10.0. The van der Waals surface area contributed by atoms with Crippen molar-refractivity contribution in [3.63, 3.8) is 0 Å². The Labute approximate surface area is 187 Å². The van der Waals surface area contributed by atoms with E-state index in [-0.39, 0.29) is 17.6 Å². The molecule has 0 aliphatic carbocycles. The van der Waals surface area contributed by atoms with Crippen LogP contribution in [0.2, 0.25) is 0 Å². The maximum Gasteiger partial charge on any atom is 0.277 e. The standard InChI is InChI=1S/C24H27FN4O3/c1-2-32-17-5-12-29-23(30)21(18-7-9-19(25)10-8-18)22(24(29)31)28-15-13-27(14-16-28)20-6-3-4-11-26-20/h3-4,6-11H,2,5,12-17H2,1H3. The SMILES string of the molecule is CCOCCCN1C(=O)C(c2ccc(F)cc2)=C(N2CCN(c3ccccn3)CC2)C1=O. The molecule has 0 unspecified atom stereocenters. The van der Waals surface area contributed by atoms with Gasteiger partial charge in [0.15, 0.2) is 0 Å². The van der Waals surface area contributed by atoms with Crippen LogP contribution in [0.4, 0.5) is 10.2 Å². The number of rotatable bonds is 8. The van der Waals surface area contributed by atoms with E-state index in [1.165, 1.54) is 17.0 Å². The summed E-state index contributed by atoms with van der Waals surface area (Å²) in [6.07, 6.45) is 2.33. The van der Waals surface area contributed by atoms with Crippen molar-refractivity contribution in [2.75, 3.05) is 50.8 Å². The smallest absolute Gasteiger partial charge is 0.277 e. The third kappa shape index (κ3) is 4.50. The molecule has 1 saturated heterocycles. The van der Waals surface area contributed by atoms with E-state index in [4.69, 9.17) is 4.74 Å². The maximum atomic E-state index is 13.5. The van der Waals surface area contributed by atoms with Crippen LogP contribution in [-0.2, 0) is 14.3 Å². The highest BCUT2D eigenvalue weighted by Crippen LogP contribution is 2.32. The first-order valence-corrected chi connectivity index (χ1v) is 10.9. The molecule has 0 bridgehead atoms. The number of imide groups is 1. The van der Waals surface area contributed by atoms with Gasteiger partial charge in [-0.2, -0.15) is 0 Å². The number of carbonyl (C=O) groups excluding carboxylic acids is 2. The molecule has 168 valence electrons. The number of benzene rings is 1. The lowest BCUT2D eigenvalue weighted by Crippen LogP contribution is -2.48. The molecule has 1 aromatic carbocycles. The monoisotopic (exact) mass is 438 g/mol. The Bertz CT molecular complexity index is 986. The summed E-state index contributed by atoms with van der Waals surface area (Å²) in [5, 5.41) is 0. The molecular weight excluding hydrogens is 411 g/mol. The van der Waals surface area contributed by atoms with E-state index in [1.807, 2.05) is 30.0 Å². The van der Waals surface area contributed by atoms with Crippen LogP contribution in [0, 0.1) is 5.82 Å². The van der Waals surface area contributed by atoms with Crippen molar-refractivity contribution in [3.8, 4) is 0 Å². The molecule has 8 heteroatoms. The van der Waals surface area contributed by atoms with Gasteiger partial charge in [0.1, 0.15) is 17.3 Å². The number of halogens is 1. The van der Waals surface area contributed by atoms with Crippen LogP contribution in [0.25, 0.3) is 5.57 Å². The highest BCUT2D eigenvalue weighted by Gasteiger charge is 2.41. The van der Waals surface area contributed by atoms with E-state index in [0.29, 0.717) is 69.2 Å². The lowest BCUT2D eigenvalue weighted by molar-refractivity contribution is -0.137. The van der Waals surface area contributed by atoms with Crippen LogP contribution >= 0.6 is 0 Å². The number of anilines is 1. The van der Waals surface area contributed by atoms with E-state index in [9.17, 15) is 14.0 Å². The number of pyridine rings is 1. The summed E-state index contributed by atoms with van der Waals surface area (Å²) in [5.74, 6) is -0.117. The summed E-state index contributed by atoms with van der Waals surface area (Å²) < 4.78 is 18.9. The van der Waals surface area contributed by atoms with Crippen LogP contribution < -0.4 is 4.90 Å². The van der Waals surface area contributed by atoms with Crippen molar-refractivity contribution in [1.82, 2.24) is 14.8 Å². The first-order chi connectivity index (χ1) is 15.6. The van der Waals surface area contributed by atoms with E-state index in [1.54, 1.807) is 18.3 Å². The molecule has 0 radical (unpaired) electrons. The third-order valence-corrected chi connectivity index (χ3v) is 5.72. The Morgan fingerprint density at radius 1 is 0.969 bits per heavy atom. The molecule has 2 amide bonds. The van der Waals surface area contributed by atoms with Crippen molar-refractivity contribution in [3.05, 3.63) is 65.7 Å². The van der Waals surface area contributed by atoms with Gasteiger partial charge in [0, 0.05) is 52.1 Å². The molecule has 7 nitrogen and oxygen atoms in total. The van der Waals surface area contributed by atoms with E-state index >= 15 is 0 Å². The number of hydrogen-bond acceptors (Lipinski definition) is 6. The second-order valence-corrected chi connectivity index (χ2v) is 7.70. The van der Waals surface area contributed by atoms with Crippen LogP contribution in [0.3, 0.4) is 0 Å². The fraction of sp³-hybridized carbons (Fsp3) is 0.375. The highest BCUT2D eigenvalue weighted by molar-refractivity contribution is 6.35. The second-order valence-electron chi connectivity index (χ2n) is 7.70. The fourth-order valence-electron chi connectivity index (χ4n) is 4.11. The van der Waals surface area contributed by atoms with Crippen LogP contribution in [0.15, 0.2) is 54.4 Å². The minimum atomic E-state index is -0.384. The van der Waals surface area contributed by atoms with Gasteiger partial charge in [0.05, 0.1) is 5.57 Å². The Morgan fingerprint density at radius 3 is 2.34 bits per heavy atom. The van der Waals surface area contributed by atoms with Crippen molar-refractivity contribution in [2.24, 2.45) is 0 Å². The molecule has 2 aliphatic rings. The predicted molar refractivity (Wildman–Crippen MR) is 119 cm³/mol. The zero-order valence-electron chi connectivity index (χ0n) is 18.2. The molecule has 1 aromatic heterocycles. The lowest BCUT2D eigenvalue weighted by Gasteiger charge is -2.37. The van der Waals surface area contributed by atoms with Gasteiger partial charge in [-0.3, -0.25) is 14.5 Å². The number of amides is 2. The Balaban J connectivity index is 1.57. The fourth-order valence-corrected chi connectivity index (χ4v) is 4.11. The number of aromatic nitrogens is 1. The molecule has 4 rings (SSSR count). The summed E-state index contributed by atoms with van der Waals surface area (Å²) in [5.41, 5.74) is 1.30. The average Bonchev–Trinajstić information content (AvgIpc) is 3.07. The number of nitrogens with zero attached hydrogens (tertiary/aromatic N) is 4.